The molecular formula is C15H23NO2. The Labute approximate surface area is 109 Å². The maximum Gasteiger partial charge on any atom is 0.123 e. The molecule has 0 aromatic heterocycles. The highest BCUT2D eigenvalue weighted by molar-refractivity contribution is 5.39. The van der Waals surface area contributed by atoms with Crippen molar-refractivity contribution < 1.29 is 9.47 Å². The van der Waals surface area contributed by atoms with Crippen LogP contribution in [0.3, 0.4) is 0 Å². The fourth-order valence-corrected chi connectivity index (χ4v) is 2.63. The topological polar surface area (TPSA) is 30.5 Å². The molecule has 1 aliphatic rings. The fraction of sp³-hybridized carbons (Fsp3) is 0.600. The lowest BCUT2D eigenvalue weighted by atomic mass is 9.93. The summed E-state index contributed by atoms with van der Waals surface area (Å²) in [5, 5.41) is 3.41. The van der Waals surface area contributed by atoms with Crippen LogP contribution < -0.4 is 10.1 Å². The number of rotatable bonds is 5. The first-order valence-corrected chi connectivity index (χ1v) is 6.64. The van der Waals surface area contributed by atoms with Crippen LogP contribution in [0, 0.1) is 12.8 Å². The van der Waals surface area contributed by atoms with Crippen molar-refractivity contribution in [3.8, 4) is 5.75 Å². The van der Waals surface area contributed by atoms with Crippen LogP contribution in [0.5, 0.6) is 5.75 Å². The minimum atomic E-state index is 0.339. The van der Waals surface area contributed by atoms with Gasteiger partial charge in [-0.1, -0.05) is 17.7 Å². The summed E-state index contributed by atoms with van der Waals surface area (Å²) >= 11 is 0. The van der Waals surface area contributed by atoms with Gasteiger partial charge in [-0.2, -0.15) is 0 Å². The van der Waals surface area contributed by atoms with Crippen molar-refractivity contribution >= 4 is 0 Å². The Kier molecular flexibility index (Phi) is 4.61. The van der Waals surface area contributed by atoms with E-state index < -0.39 is 0 Å². The van der Waals surface area contributed by atoms with E-state index in [-0.39, 0.29) is 0 Å². The van der Waals surface area contributed by atoms with E-state index in [1.807, 2.05) is 7.05 Å². The largest absolute Gasteiger partial charge is 0.496 e. The highest BCUT2D eigenvalue weighted by Gasteiger charge is 2.22. The molecule has 0 aliphatic carbocycles. The molecule has 1 heterocycles. The van der Waals surface area contributed by atoms with Crippen LogP contribution in [0.1, 0.15) is 30.0 Å². The van der Waals surface area contributed by atoms with E-state index in [1.165, 1.54) is 17.5 Å². The van der Waals surface area contributed by atoms with Crippen LogP contribution in [0.15, 0.2) is 18.2 Å². The predicted octanol–water partition coefficient (Wildman–Crippen LogP) is 2.69. The molecule has 2 rings (SSSR count). The summed E-state index contributed by atoms with van der Waals surface area (Å²) in [6.45, 7) is 3.92. The molecular weight excluding hydrogens is 226 g/mol. The third-order valence-electron chi connectivity index (χ3n) is 3.70. The van der Waals surface area contributed by atoms with E-state index in [2.05, 4.69) is 30.4 Å². The van der Waals surface area contributed by atoms with Crippen LogP contribution in [0.25, 0.3) is 0 Å². The molecule has 2 unspecified atom stereocenters. The summed E-state index contributed by atoms with van der Waals surface area (Å²) in [7, 11) is 3.75. The van der Waals surface area contributed by atoms with Crippen molar-refractivity contribution in [1.82, 2.24) is 5.32 Å². The smallest absolute Gasteiger partial charge is 0.123 e. The fourth-order valence-electron chi connectivity index (χ4n) is 2.63. The van der Waals surface area contributed by atoms with E-state index in [9.17, 15) is 0 Å². The van der Waals surface area contributed by atoms with Crippen LogP contribution >= 0.6 is 0 Å². The molecule has 2 atom stereocenters. The Bertz CT molecular complexity index is 386. The van der Waals surface area contributed by atoms with Crippen LogP contribution in [-0.2, 0) is 4.74 Å². The first-order chi connectivity index (χ1) is 8.74. The molecule has 1 aromatic carbocycles. The number of hydrogen-bond acceptors (Lipinski definition) is 3. The molecule has 0 amide bonds. The number of aryl methyl sites for hydroxylation is 1. The monoisotopic (exact) mass is 249 g/mol. The molecule has 0 spiro atoms. The molecule has 1 saturated heterocycles. The first kappa shape index (κ1) is 13.4. The maximum atomic E-state index is 5.48. The minimum absolute atomic E-state index is 0.339. The van der Waals surface area contributed by atoms with Gasteiger partial charge in [-0.3, -0.25) is 0 Å². The number of ether oxygens (including phenoxy) is 2. The van der Waals surface area contributed by atoms with Crippen molar-refractivity contribution in [2.75, 3.05) is 27.4 Å². The highest BCUT2D eigenvalue weighted by atomic mass is 16.5. The summed E-state index contributed by atoms with van der Waals surface area (Å²) in [4.78, 5) is 0. The maximum absolute atomic E-state index is 5.48. The second-order valence-corrected chi connectivity index (χ2v) is 5.05. The molecule has 0 saturated carbocycles. The van der Waals surface area contributed by atoms with E-state index >= 15 is 0 Å². The first-order valence-electron chi connectivity index (χ1n) is 6.64. The summed E-state index contributed by atoms with van der Waals surface area (Å²) in [6, 6.07) is 6.70. The van der Waals surface area contributed by atoms with Gasteiger partial charge < -0.3 is 14.8 Å². The molecule has 18 heavy (non-hydrogen) atoms. The molecule has 3 heteroatoms. The van der Waals surface area contributed by atoms with Gasteiger partial charge in [-0.15, -0.1) is 0 Å². The highest BCUT2D eigenvalue weighted by Crippen LogP contribution is 2.32. The zero-order chi connectivity index (χ0) is 13.0. The molecule has 3 nitrogen and oxygen atoms in total. The van der Waals surface area contributed by atoms with E-state index in [0.717, 1.165) is 25.4 Å². The summed E-state index contributed by atoms with van der Waals surface area (Å²) in [5.41, 5.74) is 2.53. The lowest BCUT2D eigenvalue weighted by Crippen LogP contribution is -2.21. The van der Waals surface area contributed by atoms with E-state index in [0.29, 0.717) is 12.0 Å². The number of nitrogens with one attached hydrogen (secondary N) is 1. The van der Waals surface area contributed by atoms with Crippen molar-refractivity contribution in [3.05, 3.63) is 29.3 Å². The third kappa shape index (κ3) is 3.03. The Balaban J connectivity index is 2.17. The van der Waals surface area contributed by atoms with E-state index in [4.69, 9.17) is 9.47 Å². The van der Waals surface area contributed by atoms with Gasteiger partial charge in [-0.25, -0.2) is 0 Å². The van der Waals surface area contributed by atoms with Gasteiger partial charge in [0.2, 0.25) is 0 Å². The second-order valence-electron chi connectivity index (χ2n) is 5.05. The van der Waals surface area contributed by atoms with Gasteiger partial charge in [-0.05, 0) is 38.8 Å². The quantitative estimate of drug-likeness (QED) is 0.870. The normalized spacial score (nSPS) is 20.9. The van der Waals surface area contributed by atoms with E-state index in [1.54, 1.807) is 7.11 Å². The second kappa shape index (κ2) is 6.21. The molecule has 1 N–H and O–H groups in total. The van der Waals surface area contributed by atoms with Gasteiger partial charge in [0, 0.05) is 24.8 Å². The summed E-state index contributed by atoms with van der Waals surface area (Å²) < 4.78 is 10.9. The van der Waals surface area contributed by atoms with Crippen molar-refractivity contribution in [3.63, 3.8) is 0 Å². The zero-order valence-electron chi connectivity index (χ0n) is 11.5. The summed E-state index contributed by atoms with van der Waals surface area (Å²) in [6.07, 6.45) is 2.28. The number of methoxy groups -OCH3 is 1. The average Bonchev–Trinajstić information content (AvgIpc) is 2.88. The van der Waals surface area contributed by atoms with Crippen molar-refractivity contribution in [2.24, 2.45) is 5.92 Å². The molecule has 1 fully saturated rings. The minimum Gasteiger partial charge on any atom is -0.496 e. The Morgan fingerprint density at radius 2 is 2.33 bits per heavy atom. The Hall–Kier alpha value is -1.06. The van der Waals surface area contributed by atoms with Gasteiger partial charge >= 0.3 is 0 Å². The van der Waals surface area contributed by atoms with Crippen LogP contribution in [0.4, 0.5) is 0 Å². The molecule has 1 aromatic rings. The SMILES string of the molecule is CNC(CC1CCOC1)c1cc(C)ccc1OC. The predicted molar refractivity (Wildman–Crippen MR) is 73.1 cm³/mol. The number of benzene rings is 1. The number of hydrogen-bond donors (Lipinski definition) is 1. The molecule has 100 valence electrons. The lowest BCUT2D eigenvalue weighted by Gasteiger charge is -2.22. The van der Waals surface area contributed by atoms with Gasteiger partial charge in [0.1, 0.15) is 5.75 Å². The van der Waals surface area contributed by atoms with Crippen molar-refractivity contribution in [1.29, 1.82) is 0 Å². The van der Waals surface area contributed by atoms with Gasteiger partial charge in [0.05, 0.1) is 7.11 Å². The molecule has 0 radical (unpaired) electrons. The Morgan fingerprint density at radius 3 is 2.94 bits per heavy atom. The van der Waals surface area contributed by atoms with Gasteiger partial charge in [0.15, 0.2) is 0 Å². The molecule has 0 bridgehead atoms. The standard InChI is InChI=1S/C15H23NO2/c1-11-4-5-15(17-3)13(8-11)14(16-2)9-12-6-7-18-10-12/h4-5,8,12,14,16H,6-7,9-10H2,1-3H3. The Morgan fingerprint density at radius 1 is 1.50 bits per heavy atom. The van der Waals surface area contributed by atoms with Gasteiger partial charge in [0.25, 0.3) is 0 Å². The van der Waals surface area contributed by atoms with Crippen LogP contribution in [0.2, 0.25) is 0 Å². The zero-order valence-corrected chi connectivity index (χ0v) is 11.5. The third-order valence-corrected chi connectivity index (χ3v) is 3.70. The molecule has 1 aliphatic heterocycles. The van der Waals surface area contributed by atoms with Crippen LogP contribution in [-0.4, -0.2) is 27.4 Å². The summed E-state index contributed by atoms with van der Waals surface area (Å²) in [5.74, 6) is 1.63. The van der Waals surface area contributed by atoms with Crippen molar-refractivity contribution in [2.45, 2.75) is 25.8 Å². The average molecular weight is 249 g/mol. The lowest BCUT2D eigenvalue weighted by molar-refractivity contribution is 0.181.